The van der Waals surface area contributed by atoms with Crippen molar-refractivity contribution >= 4 is 12.0 Å². The molecule has 0 rings (SSSR count). The molecule has 0 saturated carbocycles. The van der Waals surface area contributed by atoms with Crippen LogP contribution in [0.25, 0.3) is 0 Å². The third kappa shape index (κ3) is 6.71. The molecule has 0 aliphatic rings. The highest BCUT2D eigenvalue weighted by Crippen LogP contribution is 2.04. The molecule has 0 bridgehead atoms. The molecular formula is C11H18N2O3. The molecule has 0 aromatic carbocycles. The molecule has 0 aliphatic carbocycles. The zero-order chi connectivity index (χ0) is 12.4. The van der Waals surface area contributed by atoms with E-state index in [0.717, 1.165) is 6.42 Å². The van der Waals surface area contributed by atoms with E-state index < -0.39 is 11.9 Å². The first-order chi connectivity index (χ1) is 7.61. The van der Waals surface area contributed by atoms with Gasteiger partial charge in [-0.15, -0.1) is 12.3 Å². The number of carbonyl (C=O) groups excluding carboxylic acids is 1. The molecule has 2 amide bonds. The predicted molar refractivity (Wildman–Crippen MR) is 60.9 cm³/mol. The van der Waals surface area contributed by atoms with Crippen LogP contribution in [0.4, 0.5) is 4.79 Å². The lowest BCUT2D eigenvalue weighted by Crippen LogP contribution is -2.40. The molecule has 0 aromatic rings. The summed E-state index contributed by atoms with van der Waals surface area (Å²) in [7, 11) is 0. The first kappa shape index (κ1) is 14.3. The second-order valence-electron chi connectivity index (χ2n) is 3.41. The lowest BCUT2D eigenvalue weighted by Gasteiger charge is -2.12. The SMILES string of the molecule is C#CCCNC(=O)NCC(CCC)C(=O)O. The molecular weight excluding hydrogens is 208 g/mol. The lowest BCUT2D eigenvalue weighted by atomic mass is 10.0. The van der Waals surface area contributed by atoms with Crippen molar-refractivity contribution in [3.05, 3.63) is 0 Å². The van der Waals surface area contributed by atoms with Crippen LogP contribution in [0.1, 0.15) is 26.2 Å². The molecule has 0 aliphatic heterocycles. The Labute approximate surface area is 95.6 Å². The number of rotatable bonds is 7. The van der Waals surface area contributed by atoms with E-state index in [2.05, 4.69) is 16.6 Å². The number of carboxylic acid groups (broad SMARTS) is 1. The third-order valence-corrected chi connectivity index (χ3v) is 2.05. The molecule has 90 valence electrons. The normalized spacial score (nSPS) is 11.2. The Kier molecular flexibility index (Phi) is 7.68. The second kappa shape index (κ2) is 8.60. The Bertz CT molecular complexity index is 271. The minimum atomic E-state index is -0.884. The summed E-state index contributed by atoms with van der Waals surface area (Å²) in [6, 6.07) is -0.377. The second-order valence-corrected chi connectivity index (χ2v) is 3.41. The van der Waals surface area contributed by atoms with Crippen LogP contribution in [-0.2, 0) is 4.79 Å². The maximum Gasteiger partial charge on any atom is 0.314 e. The minimum Gasteiger partial charge on any atom is -0.481 e. The quantitative estimate of drug-likeness (QED) is 0.444. The summed E-state index contributed by atoms with van der Waals surface area (Å²) in [5.74, 6) is 0.982. The van der Waals surface area contributed by atoms with Crippen molar-refractivity contribution < 1.29 is 14.7 Å². The molecule has 0 saturated heterocycles. The van der Waals surface area contributed by atoms with Gasteiger partial charge in [0.25, 0.3) is 0 Å². The minimum absolute atomic E-state index is 0.144. The van der Waals surface area contributed by atoms with Gasteiger partial charge in [-0.2, -0.15) is 0 Å². The largest absolute Gasteiger partial charge is 0.481 e. The summed E-state index contributed by atoms with van der Waals surface area (Å²) < 4.78 is 0. The molecule has 3 N–H and O–H groups in total. The van der Waals surface area contributed by atoms with Gasteiger partial charge in [0.1, 0.15) is 0 Å². The lowest BCUT2D eigenvalue weighted by molar-refractivity contribution is -0.141. The van der Waals surface area contributed by atoms with Crippen LogP contribution in [0.15, 0.2) is 0 Å². The maximum atomic E-state index is 11.2. The monoisotopic (exact) mass is 226 g/mol. The van der Waals surface area contributed by atoms with E-state index in [4.69, 9.17) is 11.5 Å². The molecule has 0 heterocycles. The van der Waals surface area contributed by atoms with Gasteiger partial charge >= 0.3 is 12.0 Å². The zero-order valence-electron chi connectivity index (χ0n) is 9.45. The van der Waals surface area contributed by atoms with E-state index in [-0.39, 0.29) is 12.6 Å². The summed E-state index contributed by atoms with van der Waals surface area (Å²) >= 11 is 0. The summed E-state index contributed by atoms with van der Waals surface area (Å²) in [6.07, 6.45) is 6.81. The smallest absolute Gasteiger partial charge is 0.314 e. The highest BCUT2D eigenvalue weighted by molar-refractivity contribution is 5.75. The van der Waals surface area contributed by atoms with E-state index in [9.17, 15) is 9.59 Å². The van der Waals surface area contributed by atoms with Gasteiger partial charge in [0, 0.05) is 19.5 Å². The standard InChI is InChI=1S/C11H18N2O3/c1-3-5-7-12-11(16)13-8-9(6-4-2)10(14)15/h1,9H,4-8H2,2H3,(H,14,15)(H2,12,13,16). The van der Waals surface area contributed by atoms with Gasteiger partial charge < -0.3 is 15.7 Å². The fourth-order valence-electron chi connectivity index (χ4n) is 1.19. The van der Waals surface area contributed by atoms with E-state index >= 15 is 0 Å². The van der Waals surface area contributed by atoms with Crippen molar-refractivity contribution in [2.24, 2.45) is 5.92 Å². The number of urea groups is 1. The summed E-state index contributed by atoms with van der Waals surface area (Å²) in [6.45, 7) is 2.45. The van der Waals surface area contributed by atoms with Crippen LogP contribution in [0.2, 0.25) is 0 Å². The highest BCUT2D eigenvalue weighted by atomic mass is 16.4. The average molecular weight is 226 g/mol. The van der Waals surface area contributed by atoms with Crippen LogP contribution in [0.3, 0.4) is 0 Å². The number of nitrogens with one attached hydrogen (secondary N) is 2. The van der Waals surface area contributed by atoms with Gasteiger partial charge in [-0.05, 0) is 6.42 Å². The van der Waals surface area contributed by atoms with Gasteiger partial charge in [0.15, 0.2) is 0 Å². The Balaban J connectivity index is 3.79. The Morgan fingerprint density at radius 2 is 2.12 bits per heavy atom. The molecule has 0 aromatic heterocycles. The Morgan fingerprint density at radius 3 is 2.62 bits per heavy atom. The fraction of sp³-hybridized carbons (Fsp3) is 0.636. The summed E-state index contributed by atoms with van der Waals surface area (Å²) in [5.41, 5.74) is 0. The van der Waals surface area contributed by atoms with E-state index in [1.165, 1.54) is 0 Å². The van der Waals surface area contributed by atoms with E-state index in [0.29, 0.717) is 19.4 Å². The number of terminal acetylenes is 1. The highest BCUT2D eigenvalue weighted by Gasteiger charge is 2.16. The summed E-state index contributed by atoms with van der Waals surface area (Å²) in [5, 5.41) is 13.9. The number of amides is 2. The molecule has 0 spiro atoms. The number of hydrogen-bond donors (Lipinski definition) is 3. The van der Waals surface area contributed by atoms with Gasteiger partial charge in [-0.1, -0.05) is 13.3 Å². The van der Waals surface area contributed by atoms with Crippen molar-refractivity contribution in [3.8, 4) is 12.3 Å². The Morgan fingerprint density at radius 1 is 1.44 bits per heavy atom. The first-order valence-corrected chi connectivity index (χ1v) is 5.29. The van der Waals surface area contributed by atoms with Crippen LogP contribution < -0.4 is 10.6 Å². The topological polar surface area (TPSA) is 78.4 Å². The number of carbonyl (C=O) groups is 2. The van der Waals surface area contributed by atoms with Crippen molar-refractivity contribution in [2.75, 3.05) is 13.1 Å². The van der Waals surface area contributed by atoms with Crippen molar-refractivity contribution in [3.63, 3.8) is 0 Å². The van der Waals surface area contributed by atoms with Crippen LogP contribution in [0, 0.1) is 18.3 Å². The average Bonchev–Trinajstić information content (AvgIpc) is 2.24. The van der Waals surface area contributed by atoms with Crippen molar-refractivity contribution in [1.29, 1.82) is 0 Å². The Hall–Kier alpha value is -1.70. The third-order valence-electron chi connectivity index (χ3n) is 2.05. The molecule has 16 heavy (non-hydrogen) atoms. The van der Waals surface area contributed by atoms with Gasteiger partial charge in [-0.25, -0.2) is 4.79 Å². The van der Waals surface area contributed by atoms with Gasteiger partial charge in [0.05, 0.1) is 5.92 Å². The van der Waals surface area contributed by atoms with Crippen molar-refractivity contribution in [2.45, 2.75) is 26.2 Å². The zero-order valence-corrected chi connectivity index (χ0v) is 9.45. The van der Waals surface area contributed by atoms with Gasteiger partial charge in [0.2, 0.25) is 0 Å². The molecule has 0 radical (unpaired) electrons. The first-order valence-electron chi connectivity index (χ1n) is 5.29. The van der Waals surface area contributed by atoms with Crippen LogP contribution in [0.5, 0.6) is 0 Å². The molecule has 1 unspecified atom stereocenters. The molecule has 5 heteroatoms. The van der Waals surface area contributed by atoms with E-state index in [1.54, 1.807) is 0 Å². The van der Waals surface area contributed by atoms with Crippen molar-refractivity contribution in [1.82, 2.24) is 10.6 Å². The number of aliphatic carboxylic acids is 1. The molecule has 1 atom stereocenters. The number of carboxylic acids is 1. The maximum absolute atomic E-state index is 11.2. The fourth-order valence-corrected chi connectivity index (χ4v) is 1.19. The summed E-state index contributed by atoms with van der Waals surface area (Å²) in [4.78, 5) is 21.9. The van der Waals surface area contributed by atoms with E-state index in [1.807, 2.05) is 6.92 Å². The number of hydrogen-bond acceptors (Lipinski definition) is 2. The van der Waals surface area contributed by atoms with Crippen LogP contribution in [-0.4, -0.2) is 30.2 Å². The molecule has 5 nitrogen and oxygen atoms in total. The molecule has 0 fully saturated rings. The van der Waals surface area contributed by atoms with Crippen LogP contribution >= 0.6 is 0 Å². The van der Waals surface area contributed by atoms with Gasteiger partial charge in [-0.3, -0.25) is 4.79 Å². The predicted octanol–water partition coefficient (Wildman–Crippen LogP) is 0.810.